The number of carbonyl (C=O) groups excluding carboxylic acids is 2. The molecule has 2 aliphatic heterocycles. The third-order valence-electron chi connectivity index (χ3n) is 7.24. The summed E-state index contributed by atoms with van der Waals surface area (Å²) in [4.78, 5) is 32.5. The fourth-order valence-electron chi connectivity index (χ4n) is 5.71. The number of thioether (sulfide) groups is 1. The van der Waals surface area contributed by atoms with Crippen molar-refractivity contribution in [2.45, 2.75) is 51.1 Å². The van der Waals surface area contributed by atoms with Gasteiger partial charge in [0.1, 0.15) is 5.75 Å². The van der Waals surface area contributed by atoms with Crippen LogP contribution in [0.2, 0.25) is 0 Å². The van der Waals surface area contributed by atoms with Gasteiger partial charge in [-0.05, 0) is 61.1 Å². The van der Waals surface area contributed by atoms with E-state index in [1.165, 1.54) is 38.1 Å². The molecule has 1 amide bonds. The molecule has 0 radical (unpaired) electrons. The summed E-state index contributed by atoms with van der Waals surface area (Å²) in [6.07, 6.45) is 5.12. The van der Waals surface area contributed by atoms with Crippen LogP contribution in [-0.4, -0.2) is 42.2 Å². The molecule has 33 heavy (non-hydrogen) atoms. The molecule has 1 aromatic carbocycles. The largest absolute Gasteiger partial charge is 0.497 e. The number of allylic oxidation sites excluding steroid dienone is 1. The van der Waals surface area contributed by atoms with Gasteiger partial charge in [0.05, 0.1) is 38.0 Å². The van der Waals surface area contributed by atoms with Gasteiger partial charge in [0.15, 0.2) is 5.17 Å². The van der Waals surface area contributed by atoms with Crippen LogP contribution in [0.25, 0.3) is 0 Å². The Labute approximate surface area is 198 Å². The van der Waals surface area contributed by atoms with E-state index < -0.39 is 12.0 Å². The van der Waals surface area contributed by atoms with E-state index in [4.69, 9.17) is 9.47 Å². The van der Waals surface area contributed by atoms with Gasteiger partial charge in [0.25, 0.3) is 0 Å². The van der Waals surface area contributed by atoms with Crippen molar-refractivity contribution in [3.63, 3.8) is 0 Å². The number of carbonyl (C=O) groups is 2. The number of fused-ring (bicyclic) bond motifs is 3. The zero-order valence-corrected chi connectivity index (χ0v) is 20.0. The van der Waals surface area contributed by atoms with E-state index in [2.05, 4.69) is 10.3 Å². The number of nitrogens with zero attached hydrogens (tertiary/aromatic N) is 2. The molecule has 1 N–H and O–H groups in total. The van der Waals surface area contributed by atoms with Crippen LogP contribution in [0.1, 0.15) is 50.6 Å². The number of hydrogen-bond acceptors (Lipinski definition) is 7. The van der Waals surface area contributed by atoms with Crippen molar-refractivity contribution in [2.75, 3.05) is 14.2 Å². The lowest BCUT2D eigenvalue weighted by Gasteiger charge is -2.36. The normalized spacial score (nSPS) is 27.8. The topological polar surface area (TPSA) is 80.2 Å². The van der Waals surface area contributed by atoms with Crippen molar-refractivity contribution in [3.05, 3.63) is 52.2 Å². The maximum Gasteiger partial charge on any atom is 0.338 e. The predicted molar refractivity (Wildman–Crippen MR) is 127 cm³/mol. The Kier molecular flexibility index (Phi) is 5.95. The Morgan fingerprint density at radius 3 is 2.79 bits per heavy atom. The summed E-state index contributed by atoms with van der Waals surface area (Å²) >= 11 is 1.48. The number of aliphatic imine (C=N–C) groups is 1. The number of rotatable bonds is 6. The van der Waals surface area contributed by atoms with Crippen LogP contribution in [-0.2, 0) is 14.3 Å². The molecule has 174 valence electrons. The van der Waals surface area contributed by atoms with E-state index in [9.17, 15) is 9.59 Å². The Bertz CT molecular complexity index is 1080. The lowest BCUT2D eigenvalue weighted by molar-refractivity contribution is -0.136. The van der Waals surface area contributed by atoms with Crippen molar-refractivity contribution in [2.24, 2.45) is 16.8 Å². The highest BCUT2D eigenvalue weighted by Gasteiger charge is 2.43. The molecule has 7 nitrogen and oxygen atoms in total. The number of methoxy groups -OCH3 is 2. The molecule has 5 rings (SSSR count). The van der Waals surface area contributed by atoms with Gasteiger partial charge in [-0.15, -0.1) is 0 Å². The average Bonchev–Trinajstić information content (AvgIpc) is 3.54. The maximum atomic E-state index is 13.0. The summed E-state index contributed by atoms with van der Waals surface area (Å²) in [7, 11) is 3.00. The maximum absolute atomic E-state index is 13.0. The number of ether oxygens (including phenoxy) is 2. The SMILES string of the molecule is COC(=O)C1=C(C)N=C2SC=C(CC(=O)N[C@@H]3C[C@H]4CC[C@H]3C4)N2[C@H]1c1cccc(OC)c1. The quantitative estimate of drug-likeness (QED) is 0.634. The Morgan fingerprint density at radius 1 is 1.24 bits per heavy atom. The standard InChI is InChI=1S/C25H29N3O4S/c1-14-22(24(30)32-3)23(17-5-4-6-19(11-17)31-2)28-18(13-33-25(28)26-14)12-21(29)27-20-10-15-7-8-16(20)9-15/h4-6,11,13,15-16,20,23H,7-10,12H2,1-3H3,(H,27,29)/t15-,16-,20+,23-/m0/s1. The fourth-order valence-corrected chi connectivity index (χ4v) is 6.68. The van der Waals surface area contributed by atoms with Crippen molar-refractivity contribution in [1.29, 1.82) is 0 Å². The molecular formula is C25H29N3O4S. The lowest BCUT2D eigenvalue weighted by atomic mass is 9.93. The molecule has 2 saturated carbocycles. The average molecular weight is 468 g/mol. The number of amides is 1. The predicted octanol–water partition coefficient (Wildman–Crippen LogP) is 4.14. The minimum atomic E-state index is -0.448. The van der Waals surface area contributed by atoms with Gasteiger partial charge < -0.3 is 19.7 Å². The highest BCUT2D eigenvalue weighted by atomic mass is 32.2. The van der Waals surface area contributed by atoms with Crippen molar-refractivity contribution in [3.8, 4) is 5.75 Å². The van der Waals surface area contributed by atoms with Crippen LogP contribution >= 0.6 is 11.8 Å². The minimum absolute atomic E-state index is 0.0240. The lowest BCUT2D eigenvalue weighted by Crippen LogP contribution is -2.41. The molecule has 2 fully saturated rings. The summed E-state index contributed by atoms with van der Waals surface area (Å²) < 4.78 is 10.6. The van der Waals surface area contributed by atoms with Gasteiger partial charge in [-0.1, -0.05) is 30.3 Å². The van der Waals surface area contributed by atoms with Gasteiger partial charge in [-0.2, -0.15) is 0 Å². The molecule has 0 saturated heterocycles. The van der Waals surface area contributed by atoms with Crippen LogP contribution in [0.5, 0.6) is 5.75 Å². The van der Waals surface area contributed by atoms with Gasteiger partial charge >= 0.3 is 5.97 Å². The van der Waals surface area contributed by atoms with Crippen molar-refractivity contribution >= 4 is 28.8 Å². The van der Waals surface area contributed by atoms with Gasteiger partial charge in [-0.3, -0.25) is 4.79 Å². The minimum Gasteiger partial charge on any atom is -0.497 e. The molecule has 0 unspecified atom stereocenters. The van der Waals surface area contributed by atoms with Crippen molar-refractivity contribution < 1.29 is 19.1 Å². The van der Waals surface area contributed by atoms with E-state index in [0.29, 0.717) is 29.0 Å². The third-order valence-corrected chi connectivity index (χ3v) is 8.13. The van der Waals surface area contributed by atoms with Crippen LogP contribution in [0, 0.1) is 11.8 Å². The van der Waals surface area contributed by atoms with E-state index in [-0.39, 0.29) is 12.3 Å². The van der Waals surface area contributed by atoms with E-state index in [1.54, 1.807) is 7.11 Å². The second-order valence-electron chi connectivity index (χ2n) is 9.19. The Hall–Kier alpha value is -2.74. The Balaban J connectivity index is 1.43. The van der Waals surface area contributed by atoms with Crippen LogP contribution in [0.4, 0.5) is 0 Å². The van der Waals surface area contributed by atoms with Crippen LogP contribution in [0.3, 0.4) is 0 Å². The molecule has 8 heteroatoms. The molecule has 2 heterocycles. The number of esters is 1. The van der Waals surface area contributed by atoms with Gasteiger partial charge in [0, 0.05) is 11.7 Å². The smallest absolute Gasteiger partial charge is 0.338 e. The summed E-state index contributed by atoms with van der Waals surface area (Å²) in [6.45, 7) is 1.82. The van der Waals surface area contributed by atoms with Crippen molar-refractivity contribution in [1.82, 2.24) is 10.2 Å². The first kappa shape index (κ1) is 22.1. The molecule has 4 aliphatic rings. The second kappa shape index (κ2) is 8.89. The summed E-state index contributed by atoms with van der Waals surface area (Å²) in [5.41, 5.74) is 2.80. The monoisotopic (exact) mass is 467 g/mol. The van der Waals surface area contributed by atoms with Crippen LogP contribution in [0.15, 0.2) is 51.6 Å². The molecule has 0 aromatic heterocycles. The third kappa shape index (κ3) is 4.05. The summed E-state index contributed by atoms with van der Waals surface area (Å²) in [5.74, 6) is 1.70. The number of benzene rings is 1. The fraction of sp³-hybridized carbons (Fsp3) is 0.480. The van der Waals surface area contributed by atoms with E-state index >= 15 is 0 Å². The summed E-state index contributed by atoms with van der Waals surface area (Å²) in [6, 6.07) is 7.49. The Morgan fingerprint density at radius 2 is 2.09 bits per heavy atom. The first-order valence-electron chi connectivity index (χ1n) is 11.4. The zero-order chi connectivity index (χ0) is 23.1. The highest BCUT2D eigenvalue weighted by molar-refractivity contribution is 8.16. The van der Waals surface area contributed by atoms with E-state index in [1.807, 2.05) is 41.5 Å². The summed E-state index contributed by atoms with van der Waals surface area (Å²) in [5, 5.41) is 6.01. The molecule has 2 bridgehead atoms. The molecule has 1 aromatic rings. The van der Waals surface area contributed by atoms with Gasteiger partial charge in [-0.25, -0.2) is 9.79 Å². The van der Waals surface area contributed by atoms with Crippen LogP contribution < -0.4 is 10.1 Å². The number of amidine groups is 1. The molecule has 0 spiro atoms. The molecular weight excluding hydrogens is 438 g/mol. The zero-order valence-electron chi connectivity index (χ0n) is 19.2. The number of hydrogen-bond donors (Lipinski definition) is 1. The first-order valence-corrected chi connectivity index (χ1v) is 12.3. The number of nitrogens with one attached hydrogen (secondary N) is 1. The first-order chi connectivity index (χ1) is 16.0. The highest BCUT2D eigenvalue weighted by Crippen LogP contribution is 2.46. The van der Waals surface area contributed by atoms with Gasteiger partial charge in [0.2, 0.25) is 5.91 Å². The van der Waals surface area contributed by atoms with E-state index in [0.717, 1.165) is 28.8 Å². The molecule has 4 atom stereocenters. The molecule has 2 aliphatic carbocycles. The second-order valence-corrected chi connectivity index (χ2v) is 10.0.